The molecule has 138 valence electrons. The molecule has 3 fully saturated rings. The van der Waals surface area contributed by atoms with Crippen molar-refractivity contribution in [3.63, 3.8) is 0 Å². The van der Waals surface area contributed by atoms with Gasteiger partial charge in [0.1, 0.15) is 6.04 Å². The minimum Gasteiger partial charge on any atom is -0.351 e. The molecular formula is C12H19BN4O7S. The van der Waals surface area contributed by atoms with Gasteiger partial charge in [0.25, 0.3) is 7.41 Å². The normalized spacial score (nSPS) is 27.6. The van der Waals surface area contributed by atoms with Crippen molar-refractivity contribution in [3.8, 4) is 0 Å². The van der Waals surface area contributed by atoms with Crippen LogP contribution >= 0.6 is 0 Å². The van der Waals surface area contributed by atoms with Crippen molar-refractivity contribution >= 4 is 35.9 Å². The number of amides is 3. The minimum absolute atomic E-state index is 0.0176. The second-order valence-electron chi connectivity index (χ2n) is 6.42. The molecule has 3 heterocycles. The van der Waals surface area contributed by atoms with Crippen LogP contribution < -0.4 is 5.32 Å². The molecule has 3 aliphatic heterocycles. The minimum atomic E-state index is -4.78. The zero-order chi connectivity index (χ0) is 18.2. The number of nitrogens with zero attached hydrogens (tertiary/aromatic N) is 3. The van der Waals surface area contributed by atoms with Crippen molar-refractivity contribution in [2.45, 2.75) is 37.4 Å². The van der Waals surface area contributed by atoms with Crippen LogP contribution in [0.25, 0.3) is 0 Å². The van der Waals surface area contributed by atoms with Gasteiger partial charge >= 0.3 is 16.4 Å². The number of fused-ring (bicyclic) bond motifs is 2. The fourth-order valence-corrected chi connectivity index (χ4v) is 3.97. The van der Waals surface area contributed by atoms with E-state index in [4.69, 9.17) is 4.55 Å². The van der Waals surface area contributed by atoms with Crippen LogP contribution in [0, 0.1) is 0 Å². The Balaban J connectivity index is 1.52. The summed E-state index contributed by atoms with van der Waals surface area (Å²) in [5.74, 6) is -0.281. The second-order valence-corrected chi connectivity index (χ2v) is 7.42. The van der Waals surface area contributed by atoms with E-state index in [1.807, 2.05) is 4.81 Å². The topological polar surface area (TPSA) is 137 Å². The van der Waals surface area contributed by atoms with Crippen LogP contribution in [0.2, 0.25) is 0 Å². The number of rotatable bonds is 6. The molecule has 0 unspecified atom stereocenters. The largest absolute Gasteiger partial charge is 0.418 e. The van der Waals surface area contributed by atoms with Gasteiger partial charge in [0.2, 0.25) is 5.91 Å². The average Bonchev–Trinajstić information content (AvgIpc) is 3.09. The summed E-state index contributed by atoms with van der Waals surface area (Å²) < 4.78 is 34.5. The second kappa shape index (κ2) is 6.90. The molecule has 3 aliphatic rings. The van der Waals surface area contributed by atoms with E-state index in [0.717, 1.165) is 32.1 Å². The molecule has 2 atom stereocenters. The van der Waals surface area contributed by atoms with E-state index >= 15 is 0 Å². The quantitative estimate of drug-likeness (QED) is 0.302. The van der Waals surface area contributed by atoms with Crippen LogP contribution in [0.5, 0.6) is 0 Å². The Morgan fingerprint density at radius 1 is 1.36 bits per heavy atom. The predicted molar refractivity (Wildman–Crippen MR) is 85.4 cm³/mol. The summed E-state index contributed by atoms with van der Waals surface area (Å²) >= 11 is 0. The first-order valence-corrected chi connectivity index (χ1v) is 9.38. The lowest BCUT2D eigenvalue weighted by Crippen LogP contribution is -2.54. The fraction of sp³-hybridized carbons (Fsp3) is 0.750. The highest BCUT2D eigenvalue weighted by Gasteiger charge is 2.53. The maximum absolute atomic E-state index is 12.4. The van der Waals surface area contributed by atoms with E-state index in [9.17, 15) is 22.8 Å². The lowest BCUT2D eigenvalue weighted by molar-refractivity contribution is -0.127. The molecule has 3 rings (SSSR count). The predicted octanol–water partition coefficient (Wildman–Crippen LogP) is -2.28. The first kappa shape index (κ1) is 18.1. The van der Waals surface area contributed by atoms with Gasteiger partial charge in [0.15, 0.2) is 0 Å². The van der Waals surface area contributed by atoms with E-state index < -0.39 is 28.5 Å². The van der Waals surface area contributed by atoms with Crippen molar-refractivity contribution in [1.29, 1.82) is 0 Å². The summed E-state index contributed by atoms with van der Waals surface area (Å²) in [5.41, 5.74) is 0. The third-order valence-electron chi connectivity index (χ3n) is 4.79. The van der Waals surface area contributed by atoms with E-state index in [1.165, 1.54) is 4.90 Å². The van der Waals surface area contributed by atoms with Crippen LogP contribution in [0.15, 0.2) is 0 Å². The third kappa shape index (κ3) is 3.94. The third-order valence-corrected chi connectivity index (χ3v) is 5.14. The highest BCUT2D eigenvalue weighted by Crippen LogP contribution is 2.32. The summed E-state index contributed by atoms with van der Waals surface area (Å²) in [6.07, 6.45) is 2.54. The number of carbonyl (C=O) groups excluding carboxylic acids is 3. The number of carbonyl (C=O) groups is 3. The van der Waals surface area contributed by atoms with E-state index in [1.54, 1.807) is 0 Å². The molecule has 0 aromatic carbocycles. The van der Waals surface area contributed by atoms with E-state index in [2.05, 4.69) is 9.60 Å². The standard InChI is InChI=1S/C12H19BN4O7S/c18-7-13-15-3-1-8(2-4-15)14-11(19)10-5-9-6-16(10)12(20)17(9)24-25(21,22)23/h7-10,13H,1-6H2,(H,14,19)(H,21,22,23)/t9-,10+/m1/s1. The van der Waals surface area contributed by atoms with Gasteiger partial charge in [-0.1, -0.05) is 0 Å². The zero-order valence-corrected chi connectivity index (χ0v) is 14.2. The molecule has 13 heteroatoms. The molecule has 2 bridgehead atoms. The Bertz CT molecular complexity index is 666. The molecule has 0 radical (unpaired) electrons. The van der Waals surface area contributed by atoms with Gasteiger partial charge in [-0.15, -0.1) is 4.28 Å². The van der Waals surface area contributed by atoms with Crippen molar-refractivity contribution < 1.29 is 31.6 Å². The Morgan fingerprint density at radius 3 is 2.60 bits per heavy atom. The zero-order valence-electron chi connectivity index (χ0n) is 13.4. The first-order valence-electron chi connectivity index (χ1n) is 8.01. The maximum atomic E-state index is 12.4. The SMILES string of the molecule is O=CBN1CCC(NC(=O)[C@@H]2C[C@@H]3CN2C(=O)N3OS(=O)(=O)O)CC1. The lowest BCUT2D eigenvalue weighted by atomic mass is 9.89. The molecule has 25 heavy (non-hydrogen) atoms. The molecule has 0 aromatic heterocycles. The number of hydroxylamine groups is 2. The lowest BCUT2D eigenvalue weighted by Gasteiger charge is -2.33. The monoisotopic (exact) mass is 374 g/mol. The molecular weight excluding hydrogens is 355 g/mol. The molecule has 3 amide bonds. The summed E-state index contributed by atoms with van der Waals surface area (Å²) in [5, 5.41) is 3.51. The summed E-state index contributed by atoms with van der Waals surface area (Å²) in [4.78, 5) is 38.3. The van der Waals surface area contributed by atoms with Crippen LogP contribution in [-0.2, 0) is 24.3 Å². The van der Waals surface area contributed by atoms with Crippen molar-refractivity contribution in [3.05, 3.63) is 0 Å². The Labute approximate surface area is 145 Å². The molecule has 0 aromatic rings. The number of urea groups is 1. The fourth-order valence-electron chi connectivity index (χ4n) is 3.58. The highest BCUT2D eigenvalue weighted by molar-refractivity contribution is 7.80. The first-order chi connectivity index (χ1) is 11.8. The maximum Gasteiger partial charge on any atom is 0.418 e. The molecule has 2 N–H and O–H groups in total. The molecule has 0 saturated carbocycles. The molecule has 0 spiro atoms. The van der Waals surface area contributed by atoms with Gasteiger partial charge in [0.05, 0.1) is 12.2 Å². The summed E-state index contributed by atoms with van der Waals surface area (Å²) in [6, 6.07) is -2.04. The molecule has 0 aliphatic carbocycles. The average molecular weight is 374 g/mol. The van der Waals surface area contributed by atoms with Gasteiger partial charge in [-0.3, -0.25) is 9.35 Å². The van der Waals surface area contributed by atoms with Crippen LogP contribution in [-0.4, -0.2) is 91.0 Å². The number of piperidine rings is 1. The highest BCUT2D eigenvalue weighted by atomic mass is 32.3. The van der Waals surface area contributed by atoms with Crippen LogP contribution in [0.3, 0.4) is 0 Å². The van der Waals surface area contributed by atoms with Gasteiger partial charge in [-0.2, -0.15) is 13.5 Å². The Morgan fingerprint density at radius 2 is 2.04 bits per heavy atom. The number of hydrogen-bond donors (Lipinski definition) is 2. The van der Waals surface area contributed by atoms with Crippen LogP contribution in [0.4, 0.5) is 4.79 Å². The summed E-state index contributed by atoms with van der Waals surface area (Å²) in [6.45, 7) is 1.61. The van der Waals surface area contributed by atoms with Crippen molar-refractivity contribution in [2.75, 3.05) is 19.6 Å². The Kier molecular flexibility index (Phi) is 5.00. The van der Waals surface area contributed by atoms with E-state index in [-0.39, 0.29) is 24.9 Å². The number of nitrogens with one attached hydrogen (secondary N) is 1. The van der Waals surface area contributed by atoms with Gasteiger partial charge in [0, 0.05) is 19.0 Å². The van der Waals surface area contributed by atoms with Crippen molar-refractivity contribution in [1.82, 2.24) is 20.1 Å². The van der Waals surface area contributed by atoms with Gasteiger partial charge in [-0.25, -0.2) is 4.79 Å². The van der Waals surface area contributed by atoms with Gasteiger partial charge in [-0.05, 0) is 25.9 Å². The molecule has 11 nitrogen and oxygen atoms in total. The summed E-state index contributed by atoms with van der Waals surface area (Å²) in [7, 11) is -4.40. The smallest absolute Gasteiger partial charge is 0.351 e. The van der Waals surface area contributed by atoms with Crippen molar-refractivity contribution in [2.24, 2.45) is 0 Å². The van der Waals surface area contributed by atoms with Gasteiger partial charge < -0.3 is 19.8 Å². The number of hydrogen-bond acceptors (Lipinski definition) is 7. The molecule has 3 saturated heterocycles. The van der Waals surface area contributed by atoms with E-state index in [0.29, 0.717) is 12.5 Å². The van der Waals surface area contributed by atoms with Crippen LogP contribution in [0.1, 0.15) is 19.3 Å². The Hall–Kier alpha value is -1.70.